The number of nitro groups is 2. The monoisotopic (exact) mass is 658 g/mol. The average Bonchev–Trinajstić information content (AvgIpc) is 2.98. The number of hydrogen-bond donors (Lipinski definition) is 0. The van der Waals surface area contributed by atoms with Crippen LogP contribution in [-0.4, -0.2) is 21.3 Å². The number of aliphatic imine (C=N–C) groups is 2. The number of rotatable bonds is 8. The topological polar surface area (TPSA) is 111 Å². The minimum Gasteiger partial charge on any atom is -0.781 e. The Morgan fingerprint density at radius 3 is 1.42 bits per heavy atom. The molecule has 0 aliphatic rings. The van der Waals surface area contributed by atoms with Crippen molar-refractivity contribution in [1.29, 1.82) is 0 Å². The Morgan fingerprint density at radius 1 is 0.651 bits per heavy atom. The first-order chi connectivity index (χ1) is 20.1. The molecule has 0 bridgehead atoms. The fourth-order valence-corrected chi connectivity index (χ4v) is 3.87. The fourth-order valence-electron chi connectivity index (χ4n) is 3.58. The second kappa shape index (κ2) is 17.5. The zero-order chi connectivity index (χ0) is 30.5. The second-order valence-electron chi connectivity index (χ2n) is 8.74. The van der Waals surface area contributed by atoms with Crippen molar-refractivity contribution in [2.45, 2.75) is 23.6 Å². The van der Waals surface area contributed by atoms with Gasteiger partial charge in [-0.25, -0.2) is 0 Å². The minimum absolute atomic E-state index is 0. The number of nitrogens with zero attached hydrogens (tertiary/aromatic N) is 4. The van der Waals surface area contributed by atoms with E-state index in [1.54, 1.807) is 24.3 Å². The van der Waals surface area contributed by atoms with Crippen LogP contribution in [0.2, 0.25) is 0 Å². The summed E-state index contributed by atoms with van der Waals surface area (Å²) < 4.78 is 0. The summed E-state index contributed by atoms with van der Waals surface area (Å²) in [5.74, 6) is 0. The van der Waals surface area contributed by atoms with Crippen molar-refractivity contribution in [2.75, 3.05) is 0 Å². The molecule has 11 heteroatoms. The molecule has 0 fully saturated rings. The van der Waals surface area contributed by atoms with Crippen LogP contribution in [0, 0.1) is 20.2 Å². The van der Waals surface area contributed by atoms with E-state index in [2.05, 4.69) is 9.98 Å². The summed E-state index contributed by atoms with van der Waals surface area (Å²) in [6.07, 6.45) is 5.74. The molecular formula is C32H26N4O4S2Zn. The van der Waals surface area contributed by atoms with Gasteiger partial charge in [0, 0.05) is 41.3 Å². The van der Waals surface area contributed by atoms with Crippen LogP contribution in [-0.2, 0) is 44.7 Å². The molecule has 4 aromatic carbocycles. The van der Waals surface area contributed by atoms with Crippen molar-refractivity contribution in [3.05, 3.63) is 147 Å². The van der Waals surface area contributed by atoms with Crippen molar-refractivity contribution in [3.8, 4) is 0 Å². The molecular weight excluding hydrogens is 634 g/mol. The van der Waals surface area contributed by atoms with Gasteiger partial charge in [-0.05, 0) is 43.7 Å². The van der Waals surface area contributed by atoms with Gasteiger partial charge in [-0.15, -0.1) is 0 Å². The van der Waals surface area contributed by atoms with Crippen LogP contribution in [0.25, 0.3) is 6.08 Å². The summed E-state index contributed by atoms with van der Waals surface area (Å²) in [4.78, 5) is 31.6. The predicted molar refractivity (Wildman–Crippen MR) is 173 cm³/mol. The van der Waals surface area contributed by atoms with Crippen LogP contribution >= 0.6 is 0 Å². The average molecular weight is 660 g/mol. The van der Waals surface area contributed by atoms with Crippen molar-refractivity contribution in [3.63, 3.8) is 0 Å². The van der Waals surface area contributed by atoms with Gasteiger partial charge in [0.1, 0.15) is 0 Å². The van der Waals surface area contributed by atoms with Crippen molar-refractivity contribution in [2.24, 2.45) is 9.98 Å². The molecule has 0 spiro atoms. The molecule has 0 amide bonds. The van der Waals surface area contributed by atoms with Gasteiger partial charge in [0.25, 0.3) is 11.4 Å². The third kappa shape index (κ3) is 11.4. The number of benzene rings is 4. The van der Waals surface area contributed by atoms with E-state index in [1.807, 2.05) is 86.7 Å². The predicted octanol–water partition coefficient (Wildman–Crippen LogP) is 8.52. The quantitative estimate of drug-likeness (QED) is 0.0468. The molecule has 0 atom stereocenters. The zero-order valence-electron chi connectivity index (χ0n) is 23.5. The number of nitro benzene ring substituents is 2. The molecule has 0 aliphatic carbocycles. The van der Waals surface area contributed by atoms with E-state index in [9.17, 15) is 20.2 Å². The maximum absolute atomic E-state index is 10.9. The Kier molecular flexibility index (Phi) is 14.2. The van der Waals surface area contributed by atoms with E-state index >= 15 is 0 Å². The van der Waals surface area contributed by atoms with Crippen molar-refractivity contribution < 1.29 is 29.3 Å². The molecule has 0 saturated carbocycles. The maximum atomic E-state index is 10.9. The minimum atomic E-state index is -0.457. The van der Waals surface area contributed by atoms with Crippen LogP contribution in [0.5, 0.6) is 0 Å². The number of allylic oxidation sites excluding steroid dienone is 3. The largest absolute Gasteiger partial charge is 2.00 e. The molecule has 43 heavy (non-hydrogen) atoms. The van der Waals surface area contributed by atoms with Crippen LogP contribution in [0.15, 0.2) is 141 Å². The summed E-state index contributed by atoms with van der Waals surface area (Å²) in [6.45, 7) is 3.66. The van der Waals surface area contributed by atoms with Crippen molar-refractivity contribution in [1.82, 2.24) is 0 Å². The Morgan fingerprint density at radius 2 is 1.05 bits per heavy atom. The van der Waals surface area contributed by atoms with E-state index in [-0.39, 0.29) is 30.9 Å². The summed E-state index contributed by atoms with van der Waals surface area (Å²) in [5.41, 5.74) is 4.25. The van der Waals surface area contributed by atoms with Gasteiger partial charge in [-0.1, -0.05) is 72.8 Å². The van der Waals surface area contributed by atoms with E-state index in [1.165, 1.54) is 24.3 Å². The summed E-state index contributed by atoms with van der Waals surface area (Å²) >= 11 is 9.70. The molecule has 0 N–H and O–H groups in total. The molecule has 0 saturated heterocycles. The van der Waals surface area contributed by atoms with E-state index in [0.29, 0.717) is 22.8 Å². The zero-order valence-corrected chi connectivity index (χ0v) is 28.1. The maximum Gasteiger partial charge on any atom is 2.00 e. The molecule has 0 heterocycles. The molecule has 0 radical (unpaired) electrons. The Labute approximate surface area is 273 Å². The molecule has 212 valence electrons. The van der Waals surface area contributed by atoms with Gasteiger partial charge in [0.15, 0.2) is 0 Å². The van der Waals surface area contributed by atoms with Gasteiger partial charge >= 0.3 is 19.5 Å². The number of hydrogen-bond acceptors (Lipinski definition) is 8. The molecule has 8 nitrogen and oxygen atoms in total. The SMILES string of the molecule is CC(=Nc1ccc([N+](=O)[O-])cc1)C(=C/C=C/c1ccccc1)C(C)=Nc1ccc([N+](=O)[O-])cc1.[S-]c1ccccc1[S-].[Zn+2]. The number of non-ortho nitro benzene ring substituents is 2. The first-order valence-electron chi connectivity index (χ1n) is 12.6. The van der Waals surface area contributed by atoms with Crippen molar-refractivity contribution >= 4 is 65.5 Å². The third-order valence-electron chi connectivity index (χ3n) is 5.69. The van der Waals surface area contributed by atoms with E-state index in [0.717, 1.165) is 20.9 Å². The normalized spacial score (nSPS) is 11.1. The molecule has 4 rings (SSSR count). The van der Waals surface area contributed by atoms with Gasteiger partial charge < -0.3 is 25.3 Å². The summed E-state index contributed by atoms with van der Waals surface area (Å²) in [6, 6.07) is 29.2. The van der Waals surface area contributed by atoms with Crippen LogP contribution in [0.3, 0.4) is 0 Å². The van der Waals surface area contributed by atoms with Gasteiger partial charge in [0.05, 0.1) is 21.2 Å². The first kappa shape index (κ1) is 34.8. The molecule has 0 aliphatic heterocycles. The Hall–Kier alpha value is -4.44. The van der Waals surface area contributed by atoms with Gasteiger partial charge in [-0.3, -0.25) is 30.2 Å². The molecule has 4 aromatic rings. The summed E-state index contributed by atoms with van der Waals surface area (Å²) in [7, 11) is 0. The van der Waals surface area contributed by atoms with Crippen LogP contribution in [0.1, 0.15) is 19.4 Å². The fraction of sp³-hybridized carbons (Fsp3) is 0.0625. The van der Waals surface area contributed by atoms with E-state index < -0.39 is 9.85 Å². The first-order valence-corrected chi connectivity index (χ1v) is 13.4. The Bertz CT molecular complexity index is 1560. The summed E-state index contributed by atoms with van der Waals surface area (Å²) in [5, 5.41) is 21.8. The smallest absolute Gasteiger partial charge is 0.781 e. The molecule has 0 unspecified atom stereocenters. The third-order valence-corrected chi connectivity index (χ3v) is 6.54. The van der Waals surface area contributed by atoms with E-state index in [4.69, 9.17) is 25.3 Å². The van der Waals surface area contributed by atoms with Crippen LogP contribution in [0.4, 0.5) is 22.7 Å². The van der Waals surface area contributed by atoms with Crippen LogP contribution < -0.4 is 0 Å². The Balaban J connectivity index is 0.000000620. The van der Waals surface area contributed by atoms with Gasteiger partial charge in [-0.2, -0.15) is 9.79 Å². The standard InChI is InChI=1S/C26H22N4O4.C6H6S2.Zn/c1-19(27-22-11-15-24(16-12-22)29(31)32)26(10-6-9-21-7-4-3-5-8-21)20(2)28-23-13-17-25(18-14-23)30(33)34;7-5-3-1-2-4-6(5)8;/h3-18H,1-2H3;1-4,7-8H;/q;;+2/p-2/b9-6+,26-10?,27-19?,28-20?;;. The van der Waals surface area contributed by atoms with Gasteiger partial charge in [0.2, 0.25) is 0 Å². The molecule has 0 aromatic heterocycles. The second-order valence-corrected chi connectivity index (χ2v) is 9.62.